The zero-order chi connectivity index (χ0) is 23.3. The summed E-state index contributed by atoms with van der Waals surface area (Å²) in [5, 5.41) is 6.20. The number of carbonyl (C=O) groups excluding carboxylic acids is 2. The number of rotatable bonds is 8. The fourth-order valence-electron chi connectivity index (χ4n) is 3.26. The lowest BCUT2D eigenvalue weighted by molar-refractivity contribution is 0.102. The van der Waals surface area contributed by atoms with Gasteiger partial charge >= 0.3 is 0 Å². The quantitative estimate of drug-likeness (QED) is 0.409. The minimum Gasteiger partial charge on any atom is -0.321 e. The zero-order valence-electron chi connectivity index (χ0n) is 18.2. The van der Waals surface area contributed by atoms with Crippen LogP contribution in [0.2, 0.25) is 5.02 Å². The highest BCUT2D eigenvalue weighted by Gasteiger charge is 2.17. The highest BCUT2D eigenvalue weighted by atomic mass is 35.5. The molecule has 2 N–H and O–H groups in total. The smallest absolute Gasteiger partial charge is 0.266 e. The first-order valence-electron chi connectivity index (χ1n) is 10.3. The van der Waals surface area contributed by atoms with Crippen molar-refractivity contribution >= 4 is 45.4 Å². The maximum absolute atomic E-state index is 13.2. The van der Waals surface area contributed by atoms with Crippen molar-refractivity contribution in [1.82, 2.24) is 4.90 Å². The van der Waals surface area contributed by atoms with E-state index in [-0.39, 0.29) is 16.5 Å². The van der Waals surface area contributed by atoms with Gasteiger partial charge in [-0.3, -0.25) is 14.5 Å². The number of benzene rings is 2. The van der Waals surface area contributed by atoms with Crippen molar-refractivity contribution in [2.24, 2.45) is 0 Å². The Labute approximate surface area is 196 Å². The van der Waals surface area contributed by atoms with Gasteiger partial charge in [-0.1, -0.05) is 37.6 Å². The number of hydrogen-bond donors (Lipinski definition) is 2. The van der Waals surface area contributed by atoms with Crippen LogP contribution in [0, 0.1) is 12.7 Å². The van der Waals surface area contributed by atoms with Crippen LogP contribution in [0.1, 0.15) is 45.0 Å². The number of aryl methyl sites for hydroxylation is 1. The van der Waals surface area contributed by atoms with Gasteiger partial charge in [0.2, 0.25) is 0 Å². The van der Waals surface area contributed by atoms with E-state index in [1.807, 2.05) is 31.2 Å². The number of carbonyl (C=O) groups is 2. The molecule has 0 bridgehead atoms. The molecule has 5 nitrogen and oxygen atoms in total. The minimum absolute atomic E-state index is 0.0262. The summed E-state index contributed by atoms with van der Waals surface area (Å²) in [5.41, 5.74) is 2.75. The Morgan fingerprint density at radius 3 is 2.47 bits per heavy atom. The van der Waals surface area contributed by atoms with Crippen LogP contribution in [-0.4, -0.2) is 29.8 Å². The molecule has 0 radical (unpaired) electrons. The van der Waals surface area contributed by atoms with E-state index < -0.39 is 11.7 Å². The molecule has 1 aromatic heterocycles. The second-order valence-electron chi connectivity index (χ2n) is 7.32. The van der Waals surface area contributed by atoms with Crippen LogP contribution >= 0.6 is 22.9 Å². The van der Waals surface area contributed by atoms with E-state index in [1.165, 1.54) is 23.5 Å². The van der Waals surface area contributed by atoms with Crippen molar-refractivity contribution in [3.05, 3.63) is 80.9 Å². The second-order valence-corrected chi connectivity index (χ2v) is 8.78. The molecule has 32 heavy (non-hydrogen) atoms. The third-order valence-electron chi connectivity index (χ3n) is 5.02. The van der Waals surface area contributed by atoms with Gasteiger partial charge in [0.1, 0.15) is 5.82 Å². The summed E-state index contributed by atoms with van der Waals surface area (Å²) in [6.45, 7) is 8.78. The molecule has 168 valence electrons. The molecule has 0 fully saturated rings. The predicted octanol–water partition coefficient (Wildman–Crippen LogP) is 6.20. The van der Waals surface area contributed by atoms with Crippen molar-refractivity contribution in [3.63, 3.8) is 0 Å². The molecule has 0 aliphatic carbocycles. The molecule has 0 atom stereocenters. The Kier molecular flexibility index (Phi) is 8.01. The lowest BCUT2D eigenvalue weighted by atomic mass is 10.2. The Balaban J connectivity index is 1.70. The number of amides is 2. The molecule has 0 saturated heterocycles. The molecule has 0 unspecified atom stereocenters. The van der Waals surface area contributed by atoms with Gasteiger partial charge < -0.3 is 10.6 Å². The van der Waals surface area contributed by atoms with Gasteiger partial charge in [-0.05, 0) is 67.5 Å². The first-order valence-corrected chi connectivity index (χ1v) is 11.5. The Morgan fingerprint density at radius 2 is 1.78 bits per heavy atom. The minimum atomic E-state index is -0.515. The first-order chi connectivity index (χ1) is 15.3. The van der Waals surface area contributed by atoms with E-state index in [4.69, 9.17) is 11.6 Å². The molecule has 8 heteroatoms. The molecule has 2 aromatic carbocycles. The summed E-state index contributed by atoms with van der Waals surface area (Å²) in [6.07, 6.45) is 0. The van der Waals surface area contributed by atoms with Gasteiger partial charge in [0.05, 0.1) is 20.5 Å². The molecule has 0 saturated carbocycles. The van der Waals surface area contributed by atoms with E-state index in [0.29, 0.717) is 9.88 Å². The number of nitrogens with one attached hydrogen (secondary N) is 2. The predicted molar refractivity (Wildman–Crippen MR) is 129 cm³/mol. The summed E-state index contributed by atoms with van der Waals surface area (Å²) in [7, 11) is 0. The fourth-order valence-corrected chi connectivity index (χ4v) is 4.48. The molecular formula is C24H25ClFN3O2S. The fraction of sp³-hybridized carbons (Fsp3) is 0.250. The van der Waals surface area contributed by atoms with Crippen LogP contribution in [0.3, 0.4) is 0 Å². The summed E-state index contributed by atoms with van der Waals surface area (Å²) in [4.78, 5) is 28.1. The van der Waals surface area contributed by atoms with E-state index in [1.54, 1.807) is 6.07 Å². The third-order valence-corrected chi connectivity index (χ3v) is 6.49. The third kappa shape index (κ3) is 5.94. The number of thiophene rings is 1. The van der Waals surface area contributed by atoms with Crippen LogP contribution in [0.5, 0.6) is 0 Å². The summed E-state index contributed by atoms with van der Waals surface area (Å²) < 4.78 is 13.2. The SMILES string of the molecule is CCN(CC)Cc1cccc(NC(=O)c2sc(NC(=O)c3ccc(F)cc3Cl)cc2C)c1. The molecule has 0 aliphatic heterocycles. The van der Waals surface area contributed by atoms with Crippen LogP contribution in [-0.2, 0) is 6.54 Å². The Morgan fingerprint density at radius 1 is 1.03 bits per heavy atom. The molecule has 0 aliphatic rings. The molecule has 3 aromatic rings. The Hall–Kier alpha value is -2.74. The van der Waals surface area contributed by atoms with Crippen molar-refractivity contribution in [2.75, 3.05) is 23.7 Å². The van der Waals surface area contributed by atoms with Gasteiger partial charge in [0.25, 0.3) is 11.8 Å². The average molecular weight is 474 g/mol. The highest BCUT2D eigenvalue weighted by Crippen LogP contribution is 2.29. The molecule has 1 heterocycles. The number of hydrogen-bond acceptors (Lipinski definition) is 4. The number of nitrogens with zero attached hydrogens (tertiary/aromatic N) is 1. The average Bonchev–Trinajstić information content (AvgIpc) is 3.12. The first kappa shape index (κ1) is 23.9. The van der Waals surface area contributed by atoms with Crippen LogP contribution < -0.4 is 10.6 Å². The van der Waals surface area contributed by atoms with Crippen LogP contribution in [0.15, 0.2) is 48.5 Å². The van der Waals surface area contributed by atoms with Crippen molar-refractivity contribution in [3.8, 4) is 0 Å². The van der Waals surface area contributed by atoms with E-state index >= 15 is 0 Å². The van der Waals surface area contributed by atoms with Crippen LogP contribution in [0.25, 0.3) is 0 Å². The van der Waals surface area contributed by atoms with Gasteiger partial charge in [-0.15, -0.1) is 11.3 Å². The standard InChI is InChI=1S/C24H25ClFN3O2S/c1-4-29(5-2)14-16-7-6-8-18(12-16)27-24(31)22-15(3)11-21(32-22)28-23(30)19-10-9-17(26)13-20(19)25/h6-13H,4-5,14H2,1-3H3,(H,27,31)(H,28,30). The monoisotopic (exact) mass is 473 g/mol. The summed E-state index contributed by atoms with van der Waals surface area (Å²) >= 11 is 7.14. The Bertz CT molecular complexity index is 1130. The normalized spacial score (nSPS) is 10.9. The lowest BCUT2D eigenvalue weighted by Gasteiger charge is -2.18. The molecule has 2 amide bonds. The molecule has 0 spiro atoms. The van der Waals surface area contributed by atoms with Crippen molar-refractivity contribution in [2.45, 2.75) is 27.3 Å². The second kappa shape index (κ2) is 10.7. The highest BCUT2D eigenvalue weighted by molar-refractivity contribution is 7.18. The summed E-state index contributed by atoms with van der Waals surface area (Å²) in [5.74, 6) is -1.22. The summed E-state index contributed by atoms with van der Waals surface area (Å²) in [6, 6.07) is 13.1. The largest absolute Gasteiger partial charge is 0.321 e. The van der Waals surface area contributed by atoms with Gasteiger partial charge in [-0.2, -0.15) is 0 Å². The lowest BCUT2D eigenvalue weighted by Crippen LogP contribution is -2.22. The van der Waals surface area contributed by atoms with Gasteiger partial charge in [0.15, 0.2) is 0 Å². The van der Waals surface area contributed by atoms with Crippen molar-refractivity contribution in [1.29, 1.82) is 0 Å². The number of anilines is 2. The zero-order valence-corrected chi connectivity index (χ0v) is 19.7. The topological polar surface area (TPSA) is 61.4 Å². The van der Waals surface area contributed by atoms with E-state index in [9.17, 15) is 14.0 Å². The molecular weight excluding hydrogens is 449 g/mol. The van der Waals surface area contributed by atoms with Crippen molar-refractivity contribution < 1.29 is 14.0 Å². The van der Waals surface area contributed by atoms with Gasteiger partial charge in [-0.25, -0.2) is 4.39 Å². The van der Waals surface area contributed by atoms with Gasteiger partial charge in [0, 0.05) is 12.2 Å². The van der Waals surface area contributed by atoms with Crippen LogP contribution in [0.4, 0.5) is 15.1 Å². The van der Waals surface area contributed by atoms with E-state index in [0.717, 1.165) is 42.5 Å². The number of halogens is 2. The molecule has 3 rings (SSSR count). The van der Waals surface area contributed by atoms with E-state index in [2.05, 4.69) is 29.4 Å². The maximum Gasteiger partial charge on any atom is 0.266 e. The maximum atomic E-state index is 13.2.